The Morgan fingerprint density at radius 2 is 1.89 bits per heavy atom. The molecule has 2 N–H and O–H groups in total. The molecule has 0 bridgehead atoms. The van der Waals surface area contributed by atoms with Crippen LogP contribution in [0.5, 0.6) is 0 Å². The third kappa shape index (κ3) is 3.11. The standard InChI is InChI=1S/C20H19N3O4S/c1-10-8-13(9-15-17(24)21-20(28)22(4)18(15)25)12(3)23(10)16-7-5-6-14(11(16)2)19(26)27/h5-9H,1-4H3,(H,26,27)(H,21,24,28)/b15-9-. The molecule has 1 aromatic heterocycles. The number of thiocarbonyl (C=S) groups is 1. The second-order valence-electron chi connectivity index (χ2n) is 6.60. The first kappa shape index (κ1) is 19.5. The Morgan fingerprint density at radius 3 is 2.54 bits per heavy atom. The second kappa shape index (κ2) is 7.05. The first-order valence-corrected chi connectivity index (χ1v) is 8.91. The van der Waals surface area contributed by atoms with Crippen molar-refractivity contribution in [2.24, 2.45) is 0 Å². The highest BCUT2D eigenvalue weighted by Crippen LogP contribution is 2.27. The molecule has 1 fully saturated rings. The van der Waals surface area contributed by atoms with E-state index in [9.17, 15) is 19.5 Å². The zero-order chi connectivity index (χ0) is 20.7. The van der Waals surface area contributed by atoms with Crippen molar-refractivity contribution >= 4 is 41.2 Å². The molecule has 0 unspecified atom stereocenters. The summed E-state index contributed by atoms with van der Waals surface area (Å²) in [4.78, 5) is 37.3. The molecular formula is C20H19N3O4S. The summed E-state index contributed by atoms with van der Waals surface area (Å²) in [6.07, 6.45) is 1.53. The first-order chi connectivity index (χ1) is 13.1. The lowest BCUT2D eigenvalue weighted by molar-refractivity contribution is -0.128. The van der Waals surface area contributed by atoms with Gasteiger partial charge >= 0.3 is 5.97 Å². The van der Waals surface area contributed by atoms with Crippen LogP contribution in [0.4, 0.5) is 0 Å². The maximum atomic E-state index is 12.4. The van der Waals surface area contributed by atoms with Crippen molar-refractivity contribution in [3.05, 3.63) is 57.9 Å². The van der Waals surface area contributed by atoms with E-state index in [0.717, 1.165) is 17.1 Å². The molecule has 0 atom stereocenters. The molecule has 2 aromatic rings. The lowest BCUT2D eigenvalue weighted by Crippen LogP contribution is -2.52. The highest BCUT2D eigenvalue weighted by Gasteiger charge is 2.31. The first-order valence-electron chi connectivity index (χ1n) is 8.50. The fraction of sp³-hybridized carbons (Fsp3) is 0.200. The number of amides is 2. The fourth-order valence-electron chi connectivity index (χ4n) is 3.30. The highest BCUT2D eigenvalue weighted by atomic mass is 32.1. The van der Waals surface area contributed by atoms with Crippen molar-refractivity contribution in [3.8, 4) is 5.69 Å². The number of nitrogens with one attached hydrogen (secondary N) is 1. The van der Waals surface area contributed by atoms with Crippen LogP contribution in [0.2, 0.25) is 0 Å². The fourth-order valence-corrected chi connectivity index (χ4v) is 3.48. The van der Waals surface area contributed by atoms with Gasteiger partial charge in [0.1, 0.15) is 5.57 Å². The summed E-state index contributed by atoms with van der Waals surface area (Å²) in [5, 5.41) is 11.9. The maximum absolute atomic E-state index is 12.4. The van der Waals surface area contributed by atoms with Crippen LogP contribution in [0, 0.1) is 20.8 Å². The van der Waals surface area contributed by atoms with Crippen LogP contribution in [0.1, 0.15) is 32.9 Å². The molecule has 144 valence electrons. The van der Waals surface area contributed by atoms with E-state index in [1.807, 2.05) is 30.5 Å². The van der Waals surface area contributed by atoms with Gasteiger partial charge in [0.15, 0.2) is 5.11 Å². The SMILES string of the molecule is Cc1c(C(=O)O)cccc1-n1c(C)cc(/C=C2/C(=O)NC(=S)N(C)C2=O)c1C. The lowest BCUT2D eigenvalue weighted by Gasteiger charge is -2.25. The third-order valence-corrected chi connectivity index (χ3v) is 5.23. The summed E-state index contributed by atoms with van der Waals surface area (Å²) < 4.78 is 1.91. The molecule has 28 heavy (non-hydrogen) atoms. The highest BCUT2D eigenvalue weighted by molar-refractivity contribution is 7.80. The van der Waals surface area contributed by atoms with Crippen LogP contribution in [0.15, 0.2) is 29.8 Å². The molecule has 2 amide bonds. The van der Waals surface area contributed by atoms with Crippen LogP contribution in [-0.4, -0.2) is 44.5 Å². The van der Waals surface area contributed by atoms with Gasteiger partial charge in [-0.3, -0.25) is 19.8 Å². The minimum absolute atomic E-state index is 0.00708. The van der Waals surface area contributed by atoms with Gasteiger partial charge in [0.25, 0.3) is 11.8 Å². The van der Waals surface area contributed by atoms with Crippen LogP contribution in [-0.2, 0) is 9.59 Å². The van der Waals surface area contributed by atoms with Gasteiger partial charge in [-0.05, 0) is 68.4 Å². The van der Waals surface area contributed by atoms with E-state index in [1.165, 1.54) is 18.0 Å². The largest absolute Gasteiger partial charge is 0.478 e. The molecule has 1 aliphatic rings. The van der Waals surface area contributed by atoms with Gasteiger partial charge in [-0.25, -0.2) is 4.79 Å². The number of aromatic nitrogens is 1. The molecule has 0 spiro atoms. The predicted molar refractivity (Wildman–Crippen MR) is 108 cm³/mol. The van der Waals surface area contributed by atoms with Gasteiger partial charge in [0.2, 0.25) is 0 Å². The van der Waals surface area contributed by atoms with E-state index >= 15 is 0 Å². The quantitative estimate of drug-likeness (QED) is 0.471. The number of aromatic carboxylic acids is 1. The molecule has 0 saturated carbocycles. The Kier molecular flexibility index (Phi) is 4.91. The molecule has 8 heteroatoms. The van der Waals surface area contributed by atoms with E-state index in [1.54, 1.807) is 19.1 Å². The summed E-state index contributed by atoms with van der Waals surface area (Å²) in [6.45, 7) is 5.49. The zero-order valence-corrected chi connectivity index (χ0v) is 16.7. The van der Waals surface area contributed by atoms with Gasteiger partial charge in [-0.2, -0.15) is 0 Å². The van der Waals surface area contributed by atoms with Crippen LogP contribution >= 0.6 is 12.2 Å². The Labute approximate surface area is 167 Å². The number of carboxylic acids is 1. The van der Waals surface area contributed by atoms with Gasteiger partial charge in [-0.1, -0.05) is 6.07 Å². The zero-order valence-electron chi connectivity index (χ0n) is 15.9. The van der Waals surface area contributed by atoms with Gasteiger partial charge < -0.3 is 9.67 Å². The number of carbonyl (C=O) groups is 3. The summed E-state index contributed by atoms with van der Waals surface area (Å²) in [5.74, 6) is -2.00. The summed E-state index contributed by atoms with van der Waals surface area (Å²) >= 11 is 4.96. The lowest BCUT2D eigenvalue weighted by atomic mass is 10.1. The number of benzene rings is 1. The molecule has 7 nitrogen and oxygen atoms in total. The number of aryl methyl sites for hydroxylation is 1. The summed E-state index contributed by atoms with van der Waals surface area (Å²) in [6, 6.07) is 6.94. The Hall–Kier alpha value is -3.26. The van der Waals surface area contributed by atoms with Gasteiger partial charge in [-0.15, -0.1) is 0 Å². The maximum Gasteiger partial charge on any atom is 0.336 e. The van der Waals surface area contributed by atoms with Crippen LogP contribution in [0.25, 0.3) is 11.8 Å². The van der Waals surface area contributed by atoms with Crippen molar-refractivity contribution in [2.75, 3.05) is 7.05 Å². The van der Waals surface area contributed by atoms with E-state index in [4.69, 9.17) is 12.2 Å². The molecule has 0 radical (unpaired) electrons. The number of carbonyl (C=O) groups excluding carboxylic acids is 2. The Bertz CT molecular complexity index is 1080. The minimum Gasteiger partial charge on any atom is -0.478 e. The molecular weight excluding hydrogens is 378 g/mol. The average molecular weight is 397 g/mol. The number of carboxylic acid groups (broad SMARTS) is 1. The van der Waals surface area contributed by atoms with E-state index in [2.05, 4.69) is 5.32 Å². The smallest absolute Gasteiger partial charge is 0.336 e. The summed E-state index contributed by atoms with van der Waals surface area (Å²) in [7, 11) is 1.50. The minimum atomic E-state index is -0.993. The van der Waals surface area contributed by atoms with Crippen molar-refractivity contribution in [2.45, 2.75) is 20.8 Å². The molecule has 1 aromatic carbocycles. The average Bonchev–Trinajstić information content (AvgIpc) is 2.90. The van der Waals surface area contributed by atoms with E-state index in [-0.39, 0.29) is 16.2 Å². The van der Waals surface area contributed by atoms with Crippen LogP contribution < -0.4 is 5.32 Å². The van der Waals surface area contributed by atoms with E-state index in [0.29, 0.717) is 11.1 Å². The number of nitrogens with zero attached hydrogens (tertiary/aromatic N) is 2. The Balaban J connectivity index is 2.13. The second-order valence-corrected chi connectivity index (χ2v) is 6.98. The van der Waals surface area contributed by atoms with Crippen LogP contribution in [0.3, 0.4) is 0 Å². The van der Waals surface area contributed by atoms with Gasteiger partial charge in [0.05, 0.1) is 5.56 Å². The number of hydrogen-bond donors (Lipinski definition) is 2. The number of rotatable bonds is 3. The third-order valence-electron chi connectivity index (χ3n) is 4.85. The molecule has 2 heterocycles. The van der Waals surface area contributed by atoms with Crippen molar-refractivity contribution in [3.63, 3.8) is 0 Å². The van der Waals surface area contributed by atoms with Crippen molar-refractivity contribution < 1.29 is 19.5 Å². The van der Waals surface area contributed by atoms with Gasteiger partial charge in [0, 0.05) is 24.1 Å². The summed E-state index contributed by atoms with van der Waals surface area (Å²) in [5.41, 5.74) is 3.91. The normalized spacial score (nSPS) is 15.9. The van der Waals surface area contributed by atoms with Crippen molar-refractivity contribution in [1.82, 2.24) is 14.8 Å². The Morgan fingerprint density at radius 1 is 1.21 bits per heavy atom. The predicted octanol–water partition coefficient (Wildman–Crippen LogP) is 2.36. The van der Waals surface area contributed by atoms with E-state index < -0.39 is 17.8 Å². The number of hydrogen-bond acceptors (Lipinski definition) is 4. The molecule has 3 rings (SSSR count). The molecule has 1 aliphatic heterocycles. The molecule has 0 aliphatic carbocycles. The number of likely N-dealkylation sites (N-methyl/N-ethyl adjacent to an activating group) is 1. The topological polar surface area (TPSA) is 91.6 Å². The monoisotopic (exact) mass is 397 g/mol. The molecule has 1 saturated heterocycles. The van der Waals surface area contributed by atoms with Crippen molar-refractivity contribution in [1.29, 1.82) is 0 Å².